The number of benzene rings is 2. The van der Waals surface area contributed by atoms with Crippen LogP contribution >= 0.6 is 0 Å². The third-order valence-corrected chi connectivity index (χ3v) is 6.52. The number of nitrogens with zero attached hydrogens (tertiary/aromatic N) is 4. The lowest BCUT2D eigenvalue weighted by atomic mass is 10.1. The number of anilines is 2. The molecule has 0 fully saturated rings. The second-order valence-electron chi connectivity index (χ2n) is 9.28. The first kappa shape index (κ1) is 28.4. The Hall–Kier alpha value is -5.12. The van der Waals surface area contributed by atoms with Gasteiger partial charge in [0.1, 0.15) is 36.1 Å². The van der Waals surface area contributed by atoms with E-state index in [4.69, 9.17) is 9.47 Å². The summed E-state index contributed by atoms with van der Waals surface area (Å²) in [6, 6.07) is 23.1. The zero-order valence-corrected chi connectivity index (χ0v) is 23.4. The molecule has 6 aromatic rings. The van der Waals surface area contributed by atoms with Gasteiger partial charge in [0.25, 0.3) is 0 Å². The molecule has 0 aliphatic rings. The van der Waals surface area contributed by atoms with Crippen LogP contribution in [0.5, 0.6) is 11.5 Å². The van der Waals surface area contributed by atoms with Gasteiger partial charge in [-0.05, 0) is 36.4 Å². The molecular weight excluding hydrogens is 538 g/mol. The standard InChI is InChI=1S/2C16H16FN3O/c1-21-14-4-2-3-12(9-14)15-11-20-8-5-13(18-7-6-17)10-16(20)19-15;1-21-15-5-3-2-4-13(15)14-11-20-9-6-12(18-8-7-17)10-16(20)19-14/h2-5,8-11,18H,6-7H2,1H3;2-6,9-11,18H,7-8H2,1H3. The number of methoxy groups -OCH3 is 2. The Kier molecular flexibility index (Phi) is 9.13. The van der Waals surface area contributed by atoms with Crippen LogP contribution in [0.4, 0.5) is 20.2 Å². The molecule has 4 aromatic heterocycles. The molecule has 2 N–H and O–H groups in total. The molecule has 0 saturated heterocycles. The fraction of sp³-hybridized carbons (Fsp3) is 0.188. The first-order valence-electron chi connectivity index (χ1n) is 13.5. The number of ether oxygens (including phenoxy) is 2. The molecule has 0 spiro atoms. The number of rotatable bonds is 10. The number of imidazole rings is 2. The van der Waals surface area contributed by atoms with Crippen LogP contribution in [-0.4, -0.2) is 59.4 Å². The van der Waals surface area contributed by atoms with E-state index in [0.29, 0.717) is 13.1 Å². The van der Waals surface area contributed by atoms with Crippen molar-refractivity contribution >= 4 is 22.7 Å². The number of hydrogen-bond donors (Lipinski definition) is 2. The maximum atomic E-state index is 12.2. The molecule has 0 amide bonds. The molecule has 0 bridgehead atoms. The van der Waals surface area contributed by atoms with Gasteiger partial charge < -0.3 is 28.9 Å². The number of alkyl halides is 2. The fourth-order valence-electron chi connectivity index (χ4n) is 4.47. The summed E-state index contributed by atoms with van der Waals surface area (Å²) in [7, 11) is 3.29. The Morgan fingerprint density at radius 3 is 1.93 bits per heavy atom. The van der Waals surface area contributed by atoms with E-state index < -0.39 is 13.3 Å². The van der Waals surface area contributed by atoms with Crippen molar-refractivity contribution in [1.29, 1.82) is 0 Å². The van der Waals surface area contributed by atoms with Gasteiger partial charge in [0.15, 0.2) is 0 Å². The highest BCUT2D eigenvalue weighted by Crippen LogP contribution is 2.29. The molecule has 0 atom stereocenters. The van der Waals surface area contributed by atoms with Crippen LogP contribution in [0.25, 0.3) is 33.8 Å². The van der Waals surface area contributed by atoms with Crippen molar-refractivity contribution < 1.29 is 18.3 Å². The number of halogens is 2. The van der Waals surface area contributed by atoms with E-state index in [0.717, 1.165) is 56.7 Å². The van der Waals surface area contributed by atoms with E-state index in [1.807, 2.05) is 106 Å². The van der Waals surface area contributed by atoms with Crippen LogP contribution in [0.2, 0.25) is 0 Å². The van der Waals surface area contributed by atoms with Crippen molar-refractivity contribution in [2.75, 3.05) is 51.3 Å². The molecule has 0 aliphatic heterocycles. The first-order valence-corrected chi connectivity index (χ1v) is 13.5. The molecule has 8 nitrogen and oxygen atoms in total. The summed E-state index contributed by atoms with van der Waals surface area (Å²) in [4.78, 5) is 9.21. The summed E-state index contributed by atoms with van der Waals surface area (Å²) in [5.74, 6) is 1.59. The summed E-state index contributed by atoms with van der Waals surface area (Å²) >= 11 is 0. The van der Waals surface area contributed by atoms with Crippen molar-refractivity contribution in [1.82, 2.24) is 18.8 Å². The molecule has 0 aliphatic carbocycles. The predicted octanol–water partition coefficient (Wildman–Crippen LogP) is 6.78. The number of para-hydroxylation sites is 1. The molecular formula is C32H32F2N6O2. The lowest BCUT2D eigenvalue weighted by Gasteiger charge is -2.04. The van der Waals surface area contributed by atoms with Crippen LogP contribution < -0.4 is 20.1 Å². The Morgan fingerprint density at radius 2 is 1.31 bits per heavy atom. The minimum Gasteiger partial charge on any atom is -0.497 e. The number of aromatic nitrogens is 4. The van der Waals surface area contributed by atoms with Crippen LogP contribution in [0.1, 0.15) is 0 Å². The van der Waals surface area contributed by atoms with E-state index in [9.17, 15) is 8.78 Å². The lowest BCUT2D eigenvalue weighted by molar-refractivity contribution is 0.415. The highest BCUT2D eigenvalue weighted by Gasteiger charge is 2.10. The van der Waals surface area contributed by atoms with Gasteiger partial charge in [-0.1, -0.05) is 24.3 Å². The molecule has 0 unspecified atom stereocenters. The summed E-state index contributed by atoms with van der Waals surface area (Å²) in [5.41, 5.74) is 7.00. The van der Waals surface area contributed by atoms with Crippen LogP contribution in [0.3, 0.4) is 0 Å². The van der Waals surface area contributed by atoms with Gasteiger partial charge in [-0.3, -0.25) is 0 Å². The van der Waals surface area contributed by atoms with Crippen LogP contribution in [0.15, 0.2) is 97.6 Å². The largest absolute Gasteiger partial charge is 0.497 e. The molecule has 42 heavy (non-hydrogen) atoms. The minimum atomic E-state index is -0.397. The molecule has 6 rings (SSSR count). The van der Waals surface area contributed by atoms with E-state index in [2.05, 4.69) is 20.6 Å². The van der Waals surface area contributed by atoms with Gasteiger partial charge in [-0.15, -0.1) is 0 Å². The quantitative estimate of drug-likeness (QED) is 0.189. The monoisotopic (exact) mass is 570 g/mol. The predicted molar refractivity (Wildman–Crippen MR) is 163 cm³/mol. The van der Waals surface area contributed by atoms with Gasteiger partial charge >= 0.3 is 0 Å². The number of pyridine rings is 2. The molecule has 0 radical (unpaired) electrons. The molecule has 10 heteroatoms. The topological polar surface area (TPSA) is 77.1 Å². The number of fused-ring (bicyclic) bond motifs is 2. The number of nitrogens with one attached hydrogen (secondary N) is 2. The Morgan fingerprint density at radius 1 is 0.690 bits per heavy atom. The van der Waals surface area contributed by atoms with Crippen molar-refractivity contribution in [2.45, 2.75) is 0 Å². The highest BCUT2D eigenvalue weighted by molar-refractivity contribution is 5.70. The van der Waals surface area contributed by atoms with E-state index in [1.165, 1.54) is 0 Å². The highest BCUT2D eigenvalue weighted by atomic mass is 19.1. The minimum absolute atomic E-state index is 0.302. The van der Waals surface area contributed by atoms with Crippen molar-refractivity contribution in [3.8, 4) is 34.0 Å². The average Bonchev–Trinajstić information content (AvgIpc) is 3.67. The Bertz CT molecular complexity index is 1770. The Labute approximate surface area is 242 Å². The van der Waals surface area contributed by atoms with Gasteiger partial charge in [-0.25, -0.2) is 18.7 Å². The van der Waals surface area contributed by atoms with Gasteiger partial charge in [0.2, 0.25) is 0 Å². The van der Waals surface area contributed by atoms with Gasteiger partial charge in [0, 0.05) is 72.5 Å². The SMILES string of the molecule is COc1cccc(-c2cn3ccc(NCCF)cc3n2)c1.COc1ccccc1-c1cn2ccc(NCCF)cc2n1. The second-order valence-corrected chi connectivity index (χ2v) is 9.28. The summed E-state index contributed by atoms with van der Waals surface area (Å²) in [5, 5.41) is 6.01. The maximum absolute atomic E-state index is 12.2. The van der Waals surface area contributed by atoms with E-state index in [-0.39, 0.29) is 0 Å². The smallest absolute Gasteiger partial charge is 0.139 e. The maximum Gasteiger partial charge on any atom is 0.139 e. The zero-order valence-electron chi connectivity index (χ0n) is 23.4. The van der Waals surface area contributed by atoms with Crippen molar-refractivity contribution in [3.63, 3.8) is 0 Å². The summed E-state index contributed by atoms with van der Waals surface area (Å²) in [6.45, 7) is -0.184. The van der Waals surface area contributed by atoms with Crippen molar-refractivity contribution in [2.24, 2.45) is 0 Å². The van der Waals surface area contributed by atoms with Crippen LogP contribution in [-0.2, 0) is 0 Å². The summed E-state index contributed by atoms with van der Waals surface area (Å²) in [6.07, 6.45) is 7.73. The lowest BCUT2D eigenvalue weighted by Crippen LogP contribution is -2.02. The molecule has 0 saturated carbocycles. The van der Waals surface area contributed by atoms with Gasteiger partial charge in [-0.2, -0.15) is 0 Å². The molecule has 216 valence electrons. The Balaban J connectivity index is 0.000000168. The average molecular weight is 571 g/mol. The van der Waals surface area contributed by atoms with Crippen LogP contribution in [0, 0.1) is 0 Å². The fourth-order valence-corrected chi connectivity index (χ4v) is 4.47. The third kappa shape index (κ3) is 6.60. The van der Waals surface area contributed by atoms with Crippen molar-refractivity contribution in [3.05, 3.63) is 97.6 Å². The number of hydrogen-bond acceptors (Lipinski definition) is 6. The molecule has 2 aromatic carbocycles. The van der Waals surface area contributed by atoms with Gasteiger partial charge in [0.05, 0.1) is 25.6 Å². The second kappa shape index (κ2) is 13.5. The third-order valence-electron chi connectivity index (χ3n) is 6.52. The summed E-state index contributed by atoms with van der Waals surface area (Å²) < 4.78 is 38.9. The molecule has 4 heterocycles. The normalized spacial score (nSPS) is 10.8. The zero-order chi connectivity index (χ0) is 29.3. The van der Waals surface area contributed by atoms with E-state index >= 15 is 0 Å². The first-order chi connectivity index (χ1) is 20.6. The van der Waals surface area contributed by atoms with E-state index in [1.54, 1.807) is 14.2 Å².